The molecular formula is C12H16FNO2. The molecule has 3 N–H and O–H groups in total. The zero-order valence-electron chi connectivity index (χ0n) is 9.62. The highest BCUT2D eigenvalue weighted by Gasteiger charge is 2.10. The summed E-state index contributed by atoms with van der Waals surface area (Å²) >= 11 is 0. The summed E-state index contributed by atoms with van der Waals surface area (Å²) in [5.41, 5.74) is 4.99. The predicted molar refractivity (Wildman–Crippen MR) is 61.5 cm³/mol. The third-order valence-corrected chi connectivity index (χ3v) is 1.80. The van der Waals surface area contributed by atoms with Gasteiger partial charge in [-0.3, -0.25) is 0 Å². The van der Waals surface area contributed by atoms with Crippen molar-refractivity contribution in [1.29, 1.82) is 0 Å². The molecule has 16 heavy (non-hydrogen) atoms. The van der Waals surface area contributed by atoms with Crippen molar-refractivity contribution < 1.29 is 14.2 Å². The highest BCUT2D eigenvalue weighted by Crippen LogP contribution is 2.24. The summed E-state index contributed by atoms with van der Waals surface area (Å²) < 4.78 is 18.3. The lowest BCUT2D eigenvalue weighted by Crippen LogP contribution is -2.16. The number of ether oxygens (including phenoxy) is 1. The molecule has 0 aliphatic rings. The SMILES string of the molecule is C/C(=C\C(C)(C)O)Oc1cc(F)ccc1N. The van der Waals surface area contributed by atoms with Gasteiger partial charge in [0.2, 0.25) is 0 Å². The average Bonchev–Trinajstić information content (AvgIpc) is 2.08. The zero-order valence-corrected chi connectivity index (χ0v) is 9.62. The van der Waals surface area contributed by atoms with Gasteiger partial charge in [-0.25, -0.2) is 4.39 Å². The van der Waals surface area contributed by atoms with Crippen LogP contribution in [0.4, 0.5) is 10.1 Å². The summed E-state index contributed by atoms with van der Waals surface area (Å²) in [6.07, 6.45) is 1.53. The van der Waals surface area contributed by atoms with Gasteiger partial charge in [-0.1, -0.05) is 0 Å². The molecule has 4 heteroatoms. The van der Waals surface area contributed by atoms with E-state index in [4.69, 9.17) is 10.5 Å². The van der Waals surface area contributed by atoms with E-state index in [1.165, 1.54) is 24.3 Å². The summed E-state index contributed by atoms with van der Waals surface area (Å²) in [6, 6.07) is 3.90. The van der Waals surface area contributed by atoms with Gasteiger partial charge in [-0.2, -0.15) is 0 Å². The minimum absolute atomic E-state index is 0.248. The highest BCUT2D eigenvalue weighted by molar-refractivity contribution is 5.52. The molecule has 0 unspecified atom stereocenters. The second kappa shape index (κ2) is 4.53. The van der Waals surface area contributed by atoms with Crippen LogP contribution in [-0.4, -0.2) is 10.7 Å². The quantitative estimate of drug-likeness (QED) is 0.613. The average molecular weight is 225 g/mol. The Labute approximate surface area is 94.3 Å². The third-order valence-electron chi connectivity index (χ3n) is 1.80. The van der Waals surface area contributed by atoms with Gasteiger partial charge in [0.05, 0.1) is 17.0 Å². The van der Waals surface area contributed by atoms with E-state index in [1.54, 1.807) is 20.8 Å². The molecule has 1 rings (SSSR count). The van der Waals surface area contributed by atoms with Crippen LogP contribution in [0.15, 0.2) is 30.0 Å². The van der Waals surface area contributed by atoms with Crippen molar-refractivity contribution in [1.82, 2.24) is 0 Å². The lowest BCUT2D eigenvalue weighted by Gasteiger charge is -2.14. The van der Waals surface area contributed by atoms with Gasteiger partial charge in [-0.15, -0.1) is 0 Å². The summed E-state index contributed by atoms with van der Waals surface area (Å²) in [5, 5.41) is 9.53. The number of hydrogen-bond acceptors (Lipinski definition) is 3. The molecular weight excluding hydrogens is 209 g/mol. The van der Waals surface area contributed by atoms with Crippen LogP contribution in [0.2, 0.25) is 0 Å². The fourth-order valence-electron chi connectivity index (χ4n) is 1.30. The second-order valence-electron chi connectivity index (χ2n) is 4.19. The lowest BCUT2D eigenvalue weighted by molar-refractivity contribution is 0.129. The van der Waals surface area contributed by atoms with E-state index in [2.05, 4.69) is 0 Å². The van der Waals surface area contributed by atoms with Gasteiger partial charge in [0.15, 0.2) is 5.75 Å². The van der Waals surface area contributed by atoms with Crippen LogP contribution in [0.25, 0.3) is 0 Å². The molecule has 0 spiro atoms. The number of rotatable bonds is 3. The Morgan fingerprint density at radius 2 is 2.12 bits per heavy atom. The molecule has 0 aliphatic carbocycles. The molecule has 1 aromatic rings. The van der Waals surface area contributed by atoms with Crippen LogP contribution in [0, 0.1) is 5.82 Å². The number of allylic oxidation sites excluding steroid dienone is 1. The van der Waals surface area contributed by atoms with Gasteiger partial charge < -0.3 is 15.6 Å². The molecule has 0 saturated heterocycles. The first-order chi connectivity index (χ1) is 7.28. The Morgan fingerprint density at radius 3 is 2.69 bits per heavy atom. The van der Waals surface area contributed by atoms with E-state index >= 15 is 0 Å². The molecule has 0 fully saturated rings. The summed E-state index contributed by atoms with van der Waals surface area (Å²) in [7, 11) is 0. The van der Waals surface area contributed by atoms with Crippen molar-refractivity contribution >= 4 is 5.69 Å². The highest BCUT2D eigenvalue weighted by atomic mass is 19.1. The first kappa shape index (κ1) is 12.5. The molecule has 0 saturated carbocycles. The molecule has 0 aromatic heterocycles. The smallest absolute Gasteiger partial charge is 0.152 e. The molecule has 88 valence electrons. The Kier molecular flexibility index (Phi) is 3.55. The van der Waals surface area contributed by atoms with Crippen LogP contribution in [-0.2, 0) is 0 Å². The predicted octanol–water partition coefficient (Wildman–Crippen LogP) is 2.46. The molecule has 0 bridgehead atoms. The Morgan fingerprint density at radius 1 is 1.50 bits per heavy atom. The van der Waals surface area contributed by atoms with Crippen LogP contribution in [0.5, 0.6) is 5.75 Å². The third kappa shape index (κ3) is 3.90. The minimum atomic E-state index is -0.980. The van der Waals surface area contributed by atoms with Gasteiger partial charge in [0.1, 0.15) is 5.82 Å². The molecule has 0 heterocycles. The molecule has 0 atom stereocenters. The maximum atomic E-state index is 12.9. The maximum Gasteiger partial charge on any atom is 0.152 e. The van der Waals surface area contributed by atoms with E-state index in [0.29, 0.717) is 11.4 Å². The maximum absolute atomic E-state index is 12.9. The number of benzene rings is 1. The van der Waals surface area contributed by atoms with Crippen molar-refractivity contribution in [3.8, 4) is 5.75 Å². The van der Waals surface area contributed by atoms with Crippen molar-refractivity contribution in [3.05, 3.63) is 35.9 Å². The van der Waals surface area contributed by atoms with Crippen LogP contribution < -0.4 is 10.5 Å². The fourth-order valence-corrected chi connectivity index (χ4v) is 1.30. The van der Waals surface area contributed by atoms with E-state index in [9.17, 15) is 9.50 Å². The van der Waals surface area contributed by atoms with E-state index in [-0.39, 0.29) is 5.75 Å². The Balaban J connectivity index is 2.89. The number of nitrogen functional groups attached to an aromatic ring is 1. The van der Waals surface area contributed by atoms with E-state index < -0.39 is 11.4 Å². The van der Waals surface area contributed by atoms with Crippen molar-refractivity contribution in [2.24, 2.45) is 0 Å². The fraction of sp³-hybridized carbons (Fsp3) is 0.333. The van der Waals surface area contributed by atoms with Crippen LogP contribution in [0.3, 0.4) is 0 Å². The van der Waals surface area contributed by atoms with Crippen molar-refractivity contribution in [2.75, 3.05) is 5.73 Å². The summed E-state index contributed by atoms with van der Waals surface area (Å²) in [6.45, 7) is 4.91. The zero-order chi connectivity index (χ0) is 12.3. The number of nitrogens with two attached hydrogens (primary N) is 1. The lowest BCUT2D eigenvalue weighted by atomic mass is 10.1. The molecule has 0 amide bonds. The first-order valence-electron chi connectivity index (χ1n) is 4.92. The van der Waals surface area contributed by atoms with Gasteiger partial charge in [0.25, 0.3) is 0 Å². The molecule has 1 aromatic carbocycles. The second-order valence-corrected chi connectivity index (χ2v) is 4.19. The molecule has 0 radical (unpaired) electrons. The topological polar surface area (TPSA) is 55.5 Å². The van der Waals surface area contributed by atoms with E-state index in [1.807, 2.05) is 0 Å². The van der Waals surface area contributed by atoms with Crippen LogP contribution in [0.1, 0.15) is 20.8 Å². The number of halogens is 1. The first-order valence-corrected chi connectivity index (χ1v) is 4.92. The largest absolute Gasteiger partial charge is 0.460 e. The van der Waals surface area contributed by atoms with Crippen LogP contribution >= 0.6 is 0 Å². The monoisotopic (exact) mass is 225 g/mol. The van der Waals surface area contributed by atoms with Crippen molar-refractivity contribution in [3.63, 3.8) is 0 Å². The number of hydrogen-bond donors (Lipinski definition) is 2. The Hall–Kier alpha value is -1.55. The number of anilines is 1. The number of aliphatic hydroxyl groups is 1. The summed E-state index contributed by atoms with van der Waals surface area (Å²) in [4.78, 5) is 0. The van der Waals surface area contributed by atoms with Gasteiger partial charge in [-0.05, 0) is 39.0 Å². The molecule has 3 nitrogen and oxygen atoms in total. The van der Waals surface area contributed by atoms with Crippen molar-refractivity contribution in [2.45, 2.75) is 26.4 Å². The summed E-state index contributed by atoms with van der Waals surface area (Å²) in [5.74, 6) is 0.294. The van der Waals surface area contributed by atoms with Gasteiger partial charge in [0, 0.05) is 6.07 Å². The standard InChI is InChI=1S/C12H16FNO2/c1-8(7-12(2,3)15)16-11-6-9(13)4-5-10(11)14/h4-7,15H,14H2,1-3H3/b8-7+. The normalized spacial score (nSPS) is 12.7. The minimum Gasteiger partial charge on any atom is -0.460 e. The molecule has 0 aliphatic heterocycles. The Bertz CT molecular complexity index is 408. The van der Waals surface area contributed by atoms with E-state index in [0.717, 1.165) is 0 Å². The van der Waals surface area contributed by atoms with Gasteiger partial charge >= 0.3 is 0 Å².